The van der Waals surface area contributed by atoms with Gasteiger partial charge in [-0.3, -0.25) is 4.79 Å². The van der Waals surface area contributed by atoms with Crippen molar-refractivity contribution in [2.24, 2.45) is 0 Å². The van der Waals surface area contributed by atoms with Gasteiger partial charge < -0.3 is 15.0 Å². The van der Waals surface area contributed by atoms with E-state index >= 15 is 0 Å². The predicted octanol–water partition coefficient (Wildman–Crippen LogP) is 1.94. The molecule has 1 amide bonds. The summed E-state index contributed by atoms with van der Waals surface area (Å²) >= 11 is 1.50. The summed E-state index contributed by atoms with van der Waals surface area (Å²) in [5, 5.41) is 11.8. The van der Waals surface area contributed by atoms with Gasteiger partial charge >= 0.3 is 0 Å². The van der Waals surface area contributed by atoms with Crippen LogP contribution in [-0.4, -0.2) is 58.4 Å². The number of benzene rings is 1. The van der Waals surface area contributed by atoms with E-state index in [1.165, 1.54) is 11.3 Å². The lowest BCUT2D eigenvalue weighted by molar-refractivity contribution is 0.0396. The summed E-state index contributed by atoms with van der Waals surface area (Å²) in [6.07, 6.45) is 1.47. The van der Waals surface area contributed by atoms with E-state index in [-0.39, 0.29) is 12.0 Å². The van der Waals surface area contributed by atoms with E-state index in [0.29, 0.717) is 36.8 Å². The number of nitrogens with one attached hydrogen (secondary N) is 1. The lowest BCUT2D eigenvalue weighted by Gasteiger charge is -2.32. The van der Waals surface area contributed by atoms with Gasteiger partial charge in [0.05, 0.1) is 24.0 Å². The highest BCUT2D eigenvalue weighted by atomic mass is 32.1. The first-order chi connectivity index (χ1) is 13.7. The van der Waals surface area contributed by atoms with Crippen LogP contribution in [0.3, 0.4) is 0 Å². The number of carbonyl (C=O) groups is 1. The van der Waals surface area contributed by atoms with E-state index in [1.54, 1.807) is 11.7 Å². The number of amides is 1. The van der Waals surface area contributed by atoms with Crippen LogP contribution in [0.4, 0.5) is 5.13 Å². The van der Waals surface area contributed by atoms with Crippen molar-refractivity contribution < 1.29 is 9.53 Å². The van der Waals surface area contributed by atoms with Gasteiger partial charge in [0.1, 0.15) is 5.51 Å². The highest BCUT2D eigenvalue weighted by molar-refractivity contribution is 7.13. The Morgan fingerprint density at radius 1 is 1.36 bits per heavy atom. The Morgan fingerprint density at radius 2 is 2.21 bits per heavy atom. The van der Waals surface area contributed by atoms with Gasteiger partial charge in [-0.25, -0.2) is 9.97 Å². The van der Waals surface area contributed by atoms with Crippen LogP contribution in [0.25, 0.3) is 11.4 Å². The van der Waals surface area contributed by atoms with Crippen molar-refractivity contribution in [3.63, 3.8) is 0 Å². The highest BCUT2D eigenvalue weighted by Gasteiger charge is 2.23. The topological polar surface area (TPSA) is 93.1 Å². The molecule has 0 aliphatic carbocycles. The molecule has 3 aromatic rings. The standard InChI is InChI=1S/C19H20N6O2S/c1-13-16(10-20-17(23-13)14-5-3-2-4-6-14)18(26)21-9-15-11-25(7-8-27-15)19-24-22-12-28-19/h2-6,10,12,15H,7-9,11H2,1H3,(H,21,26). The van der Waals surface area contributed by atoms with Gasteiger partial charge in [0.15, 0.2) is 5.82 Å². The van der Waals surface area contributed by atoms with Crippen molar-refractivity contribution in [1.29, 1.82) is 0 Å². The zero-order valence-corrected chi connectivity index (χ0v) is 16.2. The molecular formula is C19H20N6O2S. The second-order valence-corrected chi connectivity index (χ2v) is 7.24. The van der Waals surface area contributed by atoms with Crippen LogP contribution in [0.5, 0.6) is 0 Å². The molecule has 8 nitrogen and oxygen atoms in total. The van der Waals surface area contributed by atoms with Crippen LogP contribution >= 0.6 is 11.3 Å². The molecule has 1 unspecified atom stereocenters. The predicted molar refractivity (Wildman–Crippen MR) is 106 cm³/mol. The van der Waals surface area contributed by atoms with Crippen LogP contribution in [0.1, 0.15) is 16.1 Å². The summed E-state index contributed by atoms with van der Waals surface area (Å²) in [6.45, 7) is 4.25. The minimum atomic E-state index is -0.200. The van der Waals surface area contributed by atoms with E-state index in [9.17, 15) is 4.79 Å². The Labute approximate surface area is 166 Å². The van der Waals surface area contributed by atoms with Crippen molar-refractivity contribution in [2.45, 2.75) is 13.0 Å². The Hall–Kier alpha value is -2.91. The summed E-state index contributed by atoms with van der Waals surface area (Å²) in [6, 6.07) is 9.70. The van der Waals surface area contributed by atoms with E-state index < -0.39 is 0 Å². The molecule has 144 valence electrons. The maximum absolute atomic E-state index is 12.6. The van der Waals surface area contributed by atoms with Crippen molar-refractivity contribution in [2.75, 3.05) is 31.1 Å². The van der Waals surface area contributed by atoms with Crippen molar-refractivity contribution in [1.82, 2.24) is 25.5 Å². The van der Waals surface area contributed by atoms with Crippen molar-refractivity contribution >= 4 is 22.4 Å². The fourth-order valence-electron chi connectivity index (χ4n) is 3.04. The van der Waals surface area contributed by atoms with Gasteiger partial charge in [0.2, 0.25) is 5.13 Å². The molecule has 0 bridgehead atoms. The fraction of sp³-hybridized carbons (Fsp3) is 0.316. The number of hydrogen-bond acceptors (Lipinski definition) is 8. The smallest absolute Gasteiger partial charge is 0.254 e. The van der Waals surface area contributed by atoms with Gasteiger partial charge in [-0.05, 0) is 6.92 Å². The minimum absolute atomic E-state index is 0.105. The third-order valence-corrected chi connectivity index (χ3v) is 5.25. The number of aromatic nitrogens is 4. The number of ether oxygens (including phenoxy) is 1. The lowest BCUT2D eigenvalue weighted by Crippen LogP contribution is -2.47. The van der Waals surface area contributed by atoms with E-state index in [2.05, 4.69) is 30.4 Å². The Balaban J connectivity index is 1.37. The van der Waals surface area contributed by atoms with Gasteiger partial charge in [-0.15, -0.1) is 10.2 Å². The first-order valence-corrected chi connectivity index (χ1v) is 9.88. The number of aryl methyl sites for hydroxylation is 1. The molecule has 1 fully saturated rings. The van der Waals surface area contributed by atoms with Crippen LogP contribution in [-0.2, 0) is 4.74 Å². The van der Waals surface area contributed by atoms with Gasteiger partial charge in [0, 0.05) is 31.4 Å². The van der Waals surface area contributed by atoms with Crippen LogP contribution in [0.2, 0.25) is 0 Å². The summed E-state index contributed by atoms with van der Waals surface area (Å²) in [5.41, 5.74) is 3.75. The first-order valence-electron chi connectivity index (χ1n) is 9.00. The number of rotatable bonds is 5. The third-order valence-electron chi connectivity index (χ3n) is 4.50. The summed E-state index contributed by atoms with van der Waals surface area (Å²) in [5.74, 6) is 0.409. The minimum Gasteiger partial charge on any atom is -0.373 e. The largest absolute Gasteiger partial charge is 0.373 e. The fourth-order valence-corrected chi connectivity index (χ4v) is 3.64. The van der Waals surface area contributed by atoms with Gasteiger partial charge in [0.25, 0.3) is 5.91 Å². The first kappa shape index (κ1) is 18.5. The van der Waals surface area contributed by atoms with Crippen LogP contribution < -0.4 is 10.2 Å². The Kier molecular flexibility index (Phi) is 5.54. The average Bonchev–Trinajstić information content (AvgIpc) is 3.28. The zero-order valence-electron chi connectivity index (χ0n) is 15.4. The van der Waals surface area contributed by atoms with E-state index in [4.69, 9.17) is 4.74 Å². The molecule has 1 aromatic carbocycles. The van der Waals surface area contributed by atoms with Crippen LogP contribution in [0.15, 0.2) is 42.0 Å². The van der Waals surface area contributed by atoms with Crippen molar-refractivity contribution in [3.05, 3.63) is 53.3 Å². The number of nitrogens with zero attached hydrogens (tertiary/aromatic N) is 5. The molecule has 0 saturated carbocycles. The van der Waals surface area contributed by atoms with Crippen LogP contribution in [0, 0.1) is 6.92 Å². The molecule has 1 N–H and O–H groups in total. The molecule has 0 spiro atoms. The molecule has 1 saturated heterocycles. The number of carbonyl (C=O) groups excluding carboxylic acids is 1. The monoisotopic (exact) mass is 396 g/mol. The third kappa shape index (κ3) is 4.15. The summed E-state index contributed by atoms with van der Waals surface area (Å²) in [4.78, 5) is 23.5. The normalized spacial score (nSPS) is 16.8. The molecule has 28 heavy (non-hydrogen) atoms. The van der Waals surface area contributed by atoms with Gasteiger partial charge in [-0.1, -0.05) is 41.7 Å². The molecule has 9 heteroatoms. The SMILES string of the molecule is Cc1nc(-c2ccccc2)ncc1C(=O)NCC1CN(c2nncs2)CCO1. The van der Waals surface area contributed by atoms with E-state index in [1.807, 2.05) is 37.3 Å². The molecule has 4 rings (SSSR count). The second kappa shape index (κ2) is 8.41. The average molecular weight is 396 g/mol. The maximum atomic E-state index is 12.6. The molecular weight excluding hydrogens is 376 g/mol. The molecule has 3 heterocycles. The number of anilines is 1. The van der Waals surface area contributed by atoms with E-state index in [0.717, 1.165) is 17.2 Å². The molecule has 1 atom stereocenters. The Bertz CT molecular complexity index is 935. The maximum Gasteiger partial charge on any atom is 0.254 e. The quantitative estimate of drug-likeness (QED) is 0.704. The molecule has 2 aromatic heterocycles. The molecule has 1 aliphatic heterocycles. The van der Waals surface area contributed by atoms with Gasteiger partial charge in [-0.2, -0.15) is 0 Å². The number of hydrogen-bond donors (Lipinski definition) is 1. The molecule has 0 radical (unpaired) electrons. The highest BCUT2D eigenvalue weighted by Crippen LogP contribution is 2.19. The molecule has 1 aliphatic rings. The zero-order chi connectivity index (χ0) is 19.3. The van der Waals surface area contributed by atoms with Crippen molar-refractivity contribution in [3.8, 4) is 11.4 Å². The summed E-state index contributed by atoms with van der Waals surface area (Å²) in [7, 11) is 0. The number of morpholine rings is 1. The Morgan fingerprint density at radius 3 is 2.96 bits per heavy atom. The second-order valence-electron chi connectivity index (χ2n) is 6.43. The lowest BCUT2D eigenvalue weighted by atomic mass is 10.2. The summed E-state index contributed by atoms with van der Waals surface area (Å²) < 4.78 is 5.77.